The topological polar surface area (TPSA) is 77.4 Å². The number of halogens is 2. The Hall–Kier alpha value is -3.75. The van der Waals surface area contributed by atoms with Crippen LogP contribution in [0.4, 0.5) is 8.78 Å². The molecule has 0 atom stereocenters. The summed E-state index contributed by atoms with van der Waals surface area (Å²) in [7, 11) is 0. The fourth-order valence-electron chi connectivity index (χ4n) is 3.72. The van der Waals surface area contributed by atoms with E-state index in [2.05, 4.69) is 4.99 Å². The van der Waals surface area contributed by atoms with Gasteiger partial charge in [-0.2, -0.15) is 0 Å². The minimum Gasteiger partial charge on any atom is -0.490 e. The Morgan fingerprint density at radius 1 is 1.09 bits per heavy atom. The number of hydrogen-bond donors (Lipinski definition) is 0. The maximum absolute atomic E-state index is 14.0. The predicted molar refractivity (Wildman–Crippen MR) is 121 cm³/mol. The molecular weight excluding hydrogens is 446 g/mol. The summed E-state index contributed by atoms with van der Waals surface area (Å²) in [5.41, 5.74) is 0.403. The maximum Gasteiger partial charge on any atom is 0.363 e. The molecule has 2 aromatic carbocycles. The molecule has 2 aromatic rings. The number of aliphatic imine (C=N–C) groups is 1. The molecule has 2 heterocycles. The monoisotopic (exact) mass is 470 g/mol. The third-order valence-electron chi connectivity index (χ3n) is 5.41. The molecule has 1 fully saturated rings. The Morgan fingerprint density at radius 2 is 1.88 bits per heavy atom. The van der Waals surface area contributed by atoms with Gasteiger partial charge in [-0.1, -0.05) is 6.07 Å². The van der Waals surface area contributed by atoms with E-state index in [4.69, 9.17) is 14.2 Å². The van der Waals surface area contributed by atoms with Gasteiger partial charge < -0.3 is 19.1 Å². The number of esters is 1. The lowest BCUT2D eigenvalue weighted by Gasteiger charge is -2.26. The molecule has 0 unspecified atom stereocenters. The Kier molecular flexibility index (Phi) is 7.20. The molecule has 0 radical (unpaired) electrons. The zero-order chi connectivity index (χ0) is 24.1. The van der Waals surface area contributed by atoms with Crippen molar-refractivity contribution in [1.82, 2.24) is 4.90 Å². The van der Waals surface area contributed by atoms with E-state index in [-0.39, 0.29) is 29.7 Å². The van der Waals surface area contributed by atoms with Crippen molar-refractivity contribution in [3.63, 3.8) is 0 Å². The van der Waals surface area contributed by atoms with Crippen LogP contribution in [0.2, 0.25) is 0 Å². The number of hydrogen-bond acceptors (Lipinski definition) is 6. The first-order valence-electron chi connectivity index (χ1n) is 11.1. The number of nitrogens with zero attached hydrogens (tertiary/aromatic N) is 2. The molecule has 0 spiro atoms. The molecule has 0 bridgehead atoms. The summed E-state index contributed by atoms with van der Waals surface area (Å²) in [6.07, 6.45) is 4.59. The van der Waals surface area contributed by atoms with E-state index >= 15 is 0 Å². The van der Waals surface area contributed by atoms with Crippen LogP contribution in [0, 0.1) is 11.6 Å². The highest BCUT2D eigenvalue weighted by Crippen LogP contribution is 2.30. The number of carbonyl (C=O) groups excluding carboxylic acids is 2. The summed E-state index contributed by atoms with van der Waals surface area (Å²) >= 11 is 0. The fourth-order valence-corrected chi connectivity index (χ4v) is 3.72. The van der Waals surface area contributed by atoms with Crippen molar-refractivity contribution in [1.29, 1.82) is 0 Å². The molecule has 0 aromatic heterocycles. The fraction of sp³-hybridized carbons (Fsp3) is 0.320. The zero-order valence-corrected chi connectivity index (χ0v) is 18.7. The first-order chi connectivity index (χ1) is 16.4. The zero-order valence-electron chi connectivity index (χ0n) is 18.7. The minimum absolute atomic E-state index is 0.0462. The minimum atomic E-state index is -0.882. The van der Waals surface area contributed by atoms with Crippen molar-refractivity contribution in [3.05, 3.63) is 64.9 Å². The predicted octanol–water partition coefficient (Wildman–Crippen LogP) is 4.10. The van der Waals surface area contributed by atoms with Crippen molar-refractivity contribution in [2.24, 2.45) is 4.99 Å². The summed E-state index contributed by atoms with van der Waals surface area (Å²) < 4.78 is 43.6. The molecule has 9 heteroatoms. The molecule has 4 rings (SSSR count). The number of cyclic esters (lactones) is 1. The highest BCUT2D eigenvalue weighted by molar-refractivity contribution is 6.13. The molecule has 1 amide bonds. The average Bonchev–Trinajstić information content (AvgIpc) is 3.18. The van der Waals surface area contributed by atoms with Crippen LogP contribution in [0.1, 0.15) is 37.3 Å². The first-order valence-corrected chi connectivity index (χ1v) is 11.1. The summed E-state index contributed by atoms with van der Waals surface area (Å²) in [5, 5.41) is 0. The lowest BCUT2D eigenvalue weighted by atomic mass is 10.1. The second kappa shape index (κ2) is 10.5. The molecular formula is C25H24F2N2O5. The molecule has 2 aliphatic heterocycles. The first kappa shape index (κ1) is 23.4. The van der Waals surface area contributed by atoms with Gasteiger partial charge in [0.2, 0.25) is 5.90 Å². The van der Waals surface area contributed by atoms with E-state index in [1.54, 1.807) is 23.1 Å². The van der Waals surface area contributed by atoms with Crippen molar-refractivity contribution >= 4 is 23.9 Å². The lowest BCUT2D eigenvalue weighted by Crippen LogP contribution is -2.38. The van der Waals surface area contributed by atoms with Gasteiger partial charge in [0.15, 0.2) is 23.8 Å². The largest absolute Gasteiger partial charge is 0.490 e. The van der Waals surface area contributed by atoms with Crippen LogP contribution >= 0.6 is 0 Å². The third-order valence-corrected chi connectivity index (χ3v) is 5.41. The smallest absolute Gasteiger partial charge is 0.363 e. The van der Waals surface area contributed by atoms with Gasteiger partial charge in [0.05, 0.1) is 12.2 Å². The lowest BCUT2D eigenvalue weighted by molar-refractivity contribution is -0.134. The van der Waals surface area contributed by atoms with Crippen LogP contribution in [-0.4, -0.2) is 49.0 Å². The third kappa shape index (κ3) is 5.41. The number of carbonyl (C=O) groups is 2. The molecule has 0 aliphatic carbocycles. The summed E-state index contributed by atoms with van der Waals surface area (Å²) in [6.45, 7) is 3.57. The standard InChI is InChI=1S/C25H24F2N2O5/c1-2-32-22-13-16(6-9-21(22)33-15-23(30)29-10-4-3-5-11-29)12-20-25(31)34-24(28-20)18-8-7-17(26)14-19(18)27/h6-9,12-14H,2-5,10-11,15H2,1H3/b20-12-. The normalized spacial score (nSPS) is 16.9. The Balaban J connectivity index is 1.51. The van der Waals surface area contributed by atoms with Crippen LogP contribution in [0.15, 0.2) is 47.1 Å². The molecule has 2 aliphatic rings. The van der Waals surface area contributed by atoms with E-state index in [0.29, 0.717) is 29.7 Å². The SMILES string of the molecule is CCOc1cc(/C=C2\N=C(c3ccc(F)cc3F)OC2=O)ccc1OCC(=O)N1CCCCC1. The maximum atomic E-state index is 14.0. The van der Waals surface area contributed by atoms with Crippen LogP contribution in [0.5, 0.6) is 11.5 Å². The number of rotatable bonds is 7. The van der Waals surface area contributed by atoms with Gasteiger partial charge in [-0.3, -0.25) is 4.79 Å². The molecule has 1 saturated heterocycles. The Labute approximate surface area is 195 Å². The van der Waals surface area contributed by atoms with Crippen LogP contribution < -0.4 is 9.47 Å². The number of piperidine rings is 1. The van der Waals surface area contributed by atoms with E-state index in [1.165, 1.54) is 6.08 Å². The van der Waals surface area contributed by atoms with Crippen molar-refractivity contribution in [2.75, 3.05) is 26.3 Å². The van der Waals surface area contributed by atoms with Crippen molar-refractivity contribution < 1.29 is 32.6 Å². The van der Waals surface area contributed by atoms with Gasteiger partial charge in [0.1, 0.15) is 11.6 Å². The highest BCUT2D eigenvalue weighted by atomic mass is 19.1. The second-order valence-electron chi connectivity index (χ2n) is 7.83. The number of likely N-dealkylation sites (tertiary alicyclic amines) is 1. The van der Waals surface area contributed by atoms with Gasteiger partial charge in [0, 0.05) is 19.2 Å². The van der Waals surface area contributed by atoms with Gasteiger partial charge >= 0.3 is 5.97 Å². The summed E-state index contributed by atoms with van der Waals surface area (Å²) in [4.78, 5) is 30.5. The number of benzene rings is 2. The molecule has 7 nitrogen and oxygen atoms in total. The number of ether oxygens (including phenoxy) is 3. The molecule has 34 heavy (non-hydrogen) atoms. The highest BCUT2D eigenvalue weighted by Gasteiger charge is 2.26. The van der Waals surface area contributed by atoms with E-state index in [0.717, 1.165) is 44.5 Å². The molecule has 0 saturated carbocycles. The quantitative estimate of drug-likeness (QED) is 0.450. The van der Waals surface area contributed by atoms with Crippen LogP contribution in [0.25, 0.3) is 6.08 Å². The molecule has 178 valence electrons. The Morgan fingerprint density at radius 3 is 2.62 bits per heavy atom. The van der Waals surface area contributed by atoms with Crippen molar-refractivity contribution in [2.45, 2.75) is 26.2 Å². The average molecular weight is 470 g/mol. The van der Waals surface area contributed by atoms with Gasteiger partial charge in [-0.15, -0.1) is 0 Å². The van der Waals surface area contributed by atoms with Gasteiger partial charge in [-0.05, 0) is 62.1 Å². The van der Waals surface area contributed by atoms with Crippen molar-refractivity contribution in [3.8, 4) is 11.5 Å². The van der Waals surface area contributed by atoms with E-state index < -0.39 is 17.6 Å². The Bertz CT molecular complexity index is 1160. The van der Waals surface area contributed by atoms with Crippen LogP contribution in [-0.2, 0) is 14.3 Å². The van der Waals surface area contributed by atoms with E-state index in [1.807, 2.05) is 6.92 Å². The van der Waals surface area contributed by atoms with Gasteiger partial charge in [0.25, 0.3) is 5.91 Å². The second-order valence-corrected chi connectivity index (χ2v) is 7.83. The molecule has 0 N–H and O–H groups in total. The van der Waals surface area contributed by atoms with Gasteiger partial charge in [-0.25, -0.2) is 18.6 Å². The summed E-state index contributed by atoms with van der Waals surface area (Å²) in [5.74, 6) is -1.89. The van der Waals surface area contributed by atoms with E-state index in [9.17, 15) is 18.4 Å². The summed E-state index contributed by atoms with van der Waals surface area (Å²) in [6, 6.07) is 7.87. The van der Waals surface area contributed by atoms with Crippen LogP contribution in [0.3, 0.4) is 0 Å². The number of amides is 1.